The minimum atomic E-state index is -0.502. The van der Waals surface area contributed by atoms with E-state index in [2.05, 4.69) is 62.0 Å². The third-order valence-electron chi connectivity index (χ3n) is 11.3. The number of hydrogen-bond donors (Lipinski definition) is 4. The number of carbonyl (C=O) groups excluding carboxylic acids is 3. The number of hydrogen-bond acceptors (Lipinski definition) is 8. The number of benzene rings is 2. The highest BCUT2D eigenvalue weighted by molar-refractivity contribution is 6.02. The van der Waals surface area contributed by atoms with E-state index in [0.717, 1.165) is 89.1 Å². The van der Waals surface area contributed by atoms with Crippen molar-refractivity contribution in [3.05, 3.63) is 83.0 Å². The minimum absolute atomic E-state index is 0.0409. The molecule has 0 bridgehead atoms. The molecule has 1 aromatic heterocycles. The van der Waals surface area contributed by atoms with Gasteiger partial charge < -0.3 is 36.4 Å². The number of fused-ring (bicyclic) bond motifs is 1. The number of aromatic nitrogens is 1. The largest absolute Gasteiger partial charge is 0.382 e. The summed E-state index contributed by atoms with van der Waals surface area (Å²) in [5, 5.41) is 9.81. The number of nitrogens with zero attached hydrogens (tertiary/aromatic N) is 4. The van der Waals surface area contributed by atoms with Crippen LogP contribution in [0.25, 0.3) is 0 Å². The average molecular weight is 679 g/mol. The third kappa shape index (κ3) is 7.43. The Labute approximate surface area is 295 Å². The van der Waals surface area contributed by atoms with Gasteiger partial charge in [0.25, 0.3) is 17.7 Å². The van der Waals surface area contributed by atoms with E-state index in [4.69, 9.17) is 10.7 Å². The van der Waals surface area contributed by atoms with E-state index in [0.29, 0.717) is 34.3 Å². The van der Waals surface area contributed by atoms with Crippen LogP contribution in [0.1, 0.15) is 94.5 Å². The van der Waals surface area contributed by atoms with E-state index >= 15 is 0 Å². The Morgan fingerprint density at radius 3 is 2.28 bits per heavy atom. The van der Waals surface area contributed by atoms with Gasteiger partial charge in [0.05, 0.1) is 17.2 Å². The molecule has 2 aliphatic heterocycles. The Bertz CT molecular complexity index is 1680. The molecule has 4 atom stereocenters. The molecule has 0 radical (unpaired) electrons. The standard InChI is InChI=1S/C39H50N8O3/c1-25(26-8-12-32(13-9-26)46-19-17-45(2)18-20-46)42-39(50)29-11-15-36(41-24-29)47-16-4-5-27-21-31(23-35(27)47)44-38(49)28-10-14-33(37(40)48)34(22-28)43-30-6-3-7-30/h8-15,22,24-25,27,30-31,35,43H,3-7,16-21,23H2,1-2H3,(H2,40,48)(H,42,50)(H,44,49)/t25-,27?,31?,35?/m0/s1. The summed E-state index contributed by atoms with van der Waals surface area (Å²) in [5.41, 5.74) is 10.0. The molecule has 7 rings (SSSR count). The molecule has 3 unspecified atom stereocenters. The molecule has 3 amide bonds. The van der Waals surface area contributed by atoms with Gasteiger partial charge in [0.1, 0.15) is 5.82 Å². The van der Waals surface area contributed by atoms with E-state index < -0.39 is 5.91 Å². The molecule has 11 heteroatoms. The topological polar surface area (TPSA) is 136 Å². The van der Waals surface area contributed by atoms with Gasteiger partial charge in [-0.1, -0.05) is 12.1 Å². The summed E-state index contributed by atoms with van der Waals surface area (Å²) in [5.74, 6) is 0.536. The SMILES string of the molecule is C[C@H](NC(=O)c1ccc(N2CCCC3CC(NC(=O)c4ccc(C(N)=O)c(NC5CCC5)c4)CC32)nc1)c1ccc(N2CCN(C)CC2)cc1. The van der Waals surface area contributed by atoms with Crippen molar-refractivity contribution in [2.75, 3.05) is 54.9 Å². The van der Waals surface area contributed by atoms with Crippen molar-refractivity contribution in [2.45, 2.75) is 76.0 Å². The van der Waals surface area contributed by atoms with E-state index in [1.54, 1.807) is 24.4 Å². The van der Waals surface area contributed by atoms with Crippen molar-refractivity contribution in [3.63, 3.8) is 0 Å². The summed E-state index contributed by atoms with van der Waals surface area (Å²) in [6, 6.07) is 17.9. The molecule has 264 valence electrons. The Morgan fingerprint density at radius 2 is 1.60 bits per heavy atom. The van der Waals surface area contributed by atoms with Gasteiger partial charge in [-0.15, -0.1) is 0 Å². The van der Waals surface area contributed by atoms with E-state index in [1.165, 1.54) is 5.69 Å². The van der Waals surface area contributed by atoms with Gasteiger partial charge in [-0.3, -0.25) is 14.4 Å². The second-order valence-electron chi connectivity index (χ2n) is 14.7. The van der Waals surface area contributed by atoms with Crippen LogP contribution in [0.15, 0.2) is 60.8 Å². The zero-order chi connectivity index (χ0) is 34.8. The summed E-state index contributed by atoms with van der Waals surface area (Å²) < 4.78 is 0. The summed E-state index contributed by atoms with van der Waals surface area (Å²) in [7, 11) is 2.16. The molecule has 2 saturated carbocycles. The van der Waals surface area contributed by atoms with Crippen molar-refractivity contribution in [1.29, 1.82) is 0 Å². The first-order valence-electron chi connectivity index (χ1n) is 18.3. The molecule has 11 nitrogen and oxygen atoms in total. The van der Waals surface area contributed by atoms with E-state index in [1.807, 2.05) is 19.1 Å². The van der Waals surface area contributed by atoms with Crippen LogP contribution in [0.5, 0.6) is 0 Å². The van der Waals surface area contributed by atoms with Gasteiger partial charge in [-0.2, -0.15) is 0 Å². The Kier molecular flexibility index (Phi) is 9.94. The normalized spacial score (nSPS) is 23.0. The highest BCUT2D eigenvalue weighted by Crippen LogP contribution is 2.39. The molecule has 3 aromatic rings. The molecule has 4 aliphatic rings. The molecule has 2 aliphatic carbocycles. The van der Waals surface area contributed by atoms with E-state index in [-0.39, 0.29) is 29.9 Å². The van der Waals surface area contributed by atoms with Crippen molar-refractivity contribution >= 4 is 34.9 Å². The molecule has 0 spiro atoms. The van der Waals surface area contributed by atoms with Crippen molar-refractivity contribution in [3.8, 4) is 0 Å². The van der Waals surface area contributed by atoms with Gasteiger partial charge in [0.2, 0.25) is 0 Å². The fourth-order valence-corrected chi connectivity index (χ4v) is 8.04. The Balaban J connectivity index is 0.944. The maximum absolute atomic E-state index is 13.4. The molecular weight excluding hydrogens is 628 g/mol. The number of primary amides is 1. The number of nitrogens with one attached hydrogen (secondary N) is 3. The first-order chi connectivity index (χ1) is 24.2. The quantitative estimate of drug-likeness (QED) is 0.245. The van der Waals surface area contributed by atoms with Gasteiger partial charge in [-0.05, 0) is 113 Å². The Hall–Kier alpha value is -4.64. The number of piperidine rings is 1. The second-order valence-corrected chi connectivity index (χ2v) is 14.7. The third-order valence-corrected chi connectivity index (χ3v) is 11.3. The lowest BCUT2D eigenvalue weighted by Gasteiger charge is -2.38. The molecule has 2 saturated heterocycles. The minimum Gasteiger partial charge on any atom is -0.382 e. The number of rotatable bonds is 10. The molecule has 2 aromatic carbocycles. The monoisotopic (exact) mass is 678 g/mol. The number of nitrogens with two attached hydrogens (primary N) is 1. The molecule has 4 fully saturated rings. The molecular formula is C39H50N8O3. The van der Waals surface area contributed by atoms with Gasteiger partial charge >= 0.3 is 0 Å². The smallest absolute Gasteiger partial charge is 0.253 e. The average Bonchev–Trinajstić information content (AvgIpc) is 3.52. The summed E-state index contributed by atoms with van der Waals surface area (Å²) in [6.45, 7) is 7.08. The first kappa shape index (κ1) is 33.8. The number of likely N-dealkylation sites (N-methyl/N-ethyl adjacent to an activating group) is 1. The van der Waals surface area contributed by atoms with Crippen LogP contribution < -0.4 is 31.5 Å². The summed E-state index contributed by atoms with van der Waals surface area (Å²) >= 11 is 0. The van der Waals surface area contributed by atoms with Crippen molar-refractivity contribution in [2.24, 2.45) is 11.7 Å². The van der Waals surface area contributed by atoms with Crippen LogP contribution >= 0.6 is 0 Å². The summed E-state index contributed by atoms with van der Waals surface area (Å²) in [4.78, 5) is 50.5. The number of anilines is 3. The first-order valence-corrected chi connectivity index (χ1v) is 18.3. The zero-order valence-corrected chi connectivity index (χ0v) is 29.2. The van der Waals surface area contributed by atoms with Crippen LogP contribution in [-0.2, 0) is 0 Å². The van der Waals surface area contributed by atoms with Crippen LogP contribution in [0.3, 0.4) is 0 Å². The number of carbonyl (C=O) groups is 3. The second kappa shape index (κ2) is 14.7. The van der Waals surface area contributed by atoms with Crippen LogP contribution in [0, 0.1) is 5.92 Å². The van der Waals surface area contributed by atoms with Crippen LogP contribution in [0.2, 0.25) is 0 Å². The van der Waals surface area contributed by atoms with Crippen molar-refractivity contribution in [1.82, 2.24) is 20.5 Å². The highest BCUT2D eigenvalue weighted by atomic mass is 16.2. The zero-order valence-electron chi connectivity index (χ0n) is 29.2. The van der Waals surface area contributed by atoms with Gasteiger partial charge in [0.15, 0.2) is 0 Å². The maximum Gasteiger partial charge on any atom is 0.253 e. The fourth-order valence-electron chi connectivity index (χ4n) is 8.04. The van der Waals surface area contributed by atoms with Crippen molar-refractivity contribution < 1.29 is 14.4 Å². The predicted octanol–water partition coefficient (Wildman–Crippen LogP) is 4.57. The predicted molar refractivity (Wildman–Crippen MR) is 197 cm³/mol. The van der Waals surface area contributed by atoms with Crippen LogP contribution in [0.4, 0.5) is 17.2 Å². The fraction of sp³-hybridized carbons (Fsp3) is 0.487. The number of amides is 3. The van der Waals surface area contributed by atoms with E-state index in [9.17, 15) is 14.4 Å². The van der Waals surface area contributed by atoms with Crippen LogP contribution in [-0.4, -0.2) is 85.5 Å². The lowest BCUT2D eigenvalue weighted by Crippen LogP contribution is -2.44. The van der Waals surface area contributed by atoms with Gasteiger partial charge in [0, 0.05) is 74.0 Å². The molecule has 5 N–H and O–H groups in total. The number of pyridine rings is 1. The molecule has 50 heavy (non-hydrogen) atoms. The number of piperazine rings is 1. The lowest BCUT2D eigenvalue weighted by molar-refractivity contribution is 0.0929. The van der Waals surface area contributed by atoms with Gasteiger partial charge in [-0.25, -0.2) is 4.98 Å². The lowest BCUT2D eigenvalue weighted by atomic mass is 9.92. The Morgan fingerprint density at radius 1 is 0.840 bits per heavy atom. The molecule has 3 heterocycles. The maximum atomic E-state index is 13.4. The summed E-state index contributed by atoms with van der Waals surface area (Å²) in [6.07, 6.45) is 8.85. The highest BCUT2D eigenvalue weighted by Gasteiger charge is 2.41.